The van der Waals surface area contributed by atoms with Crippen LogP contribution in [0.2, 0.25) is 0 Å². The Labute approximate surface area is 115 Å². The summed E-state index contributed by atoms with van der Waals surface area (Å²) in [7, 11) is 0. The van der Waals surface area contributed by atoms with Gasteiger partial charge in [0, 0.05) is 11.8 Å². The maximum atomic E-state index is 11.2. The van der Waals surface area contributed by atoms with Gasteiger partial charge in [-0.25, -0.2) is 0 Å². The molecule has 6 heteroatoms. The Morgan fingerprint density at radius 1 is 1.47 bits per heavy atom. The first-order valence-electron chi connectivity index (χ1n) is 5.59. The Kier molecular flexibility index (Phi) is 3.88. The van der Waals surface area contributed by atoms with Crippen LogP contribution in [0.3, 0.4) is 0 Å². The maximum Gasteiger partial charge on any atom is 0.236 e. The molecule has 2 aromatic rings. The SMILES string of the molecule is N#C[C@@H](C(N)=O)[C@H](S)c1cccc(-c2cn[nH]c2)c1. The molecule has 0 aliphatic heterocycles. The summed E-state index contributed by atoms with van der Waals surface area (Å²) < 4.78 is 0. The highest BCUT2D eigenvalue weighted by molar-refractivity contribution is 7.80. The highest BCUT2D eigenvalue weighted by Crippen LogP contribution is 2.30. The molecular weight excluding hydrogens is 260 g/mol. The standard InChI is InChI=1S/C13H12N4OS/c14-5-11(13(15)18)12(19)9-3-1-2-8(4-9)10-6-16-17-7-10/h1-4,6-7,11-12,19H,(H2,15,18)(H,16,17)/t11-,12-/m1/s1. The molecule has 96 valence electrons. The van der Waals surface area contributed by atoms with Gasteiger partial charge in [-0.3, -0.25) is 9.89 Å². The molecule has 2 atom stereocenters. The van der Waals surface area contributed by atoms with Crippen LogP contribution in [0.25, 0.3) is 11.1 Å². The Bertz CT molecular complexity index is 618. The summed E-state index contributed by atoms with van der Waals surface area (Å²) in [5.74, 6) is -1.63. The molecule has 0 radical (unpaired) electrons. The van der Waals surface area contributed by atoms with Gasteiger partial charge in [-0.2, -0.15) is 23.0 Å². The van der Waals surface area contributed by atoms with Crippen molar-refractivity contribution >= 4 is 18.5 Å². The van der Waals surface area contributed by atoms with E-state index in [2.05, 4.69) is 22.8 Å². The summed E-state index contributed by atoms with van der Waals surface area (Å²) in [6, 6.07) is 9.33. The predicted octanol–water partition coefficient (Wildman–Crippen LogP) is 1.67. The van der Waals surface area contributed by atoms with Gasteiger partial charge in [0.1, 0.15) is 5.92 Å². The molecule has 0 spiro atoms. The number of carbonyl (C=O) groups is 1. The summed E-state index contributed by atoms with van der Waals surface area (Å²) in [6.45, 7) is 0. The molecular formula is C13H12N4OS. The van der Waals surface area contributed by atoms with E-state index in [-0.39, 0.29) is 0 Å². The maximum absolute atomic E-state index is 11.2. The van der Waals surface area contributed by atoms with Crippen LogP contribution in [-0.2, 0) is 4.79 Å². The van der Waals surface area contributed by atoms with E-state index in [0.717, 1.165) is 16.7 Å². The van der Waals surface area contributed by atoms with Gasteiger partial charge in [0.15, 0.2) is 0 Å². The normalized spacial score (nSPS) is 13.5. The monoisotopic (exact) mass is 272 g/mol. The van der Waals surface area contributed by atoms with E-state index >= 15 is 0 Å². The number of nitrogens with two attached hydrogens (primary N) is 1. The van der Waals surface area contributed by atoms with E-state index in [1.807, 2.05) is 30.3 Å². The van der Waals surface area contributed by atoms with Gasteiger partial charge in [-0.1, -0.05) is 18.2 Å². The Balaban J connectivity index is 2.34. The third kappa shape index (κ3) is 2.77. The number of rotatable bonds is 4. The van der Waals surface area contributed by atoms with Crippen molar-refractivity contribution in [2.45, 2.75) is 5.25 Å². The Morgan fingerprint density at radius 3 is 2.84 bits per heavy atom. The molecule has 0 fully saturated rings. The molecule has 0 bridgehead atoms. The number of nitrogens with zero attached hydrogens (tertiary/aromatic N) is 2. The van der Waals surface area contributed by atoms with Gasteiger partial charge in [-0.05, 0) is 17.2 Å². The highest BCUT2D eigenvalue weighted by atomic mass is 32.1. The average Bonchev–Trinajstić information content (AvgIpc) is 2.93. The van der Waals surface area contributed by atoms with Crippen LogP contribution in [0.1, 0.15) is 10.8 Å². The van der Waals surface area contributed by atoms with Crippen LogP contribution in [-0.4, -0.2) is 16.1 Å². The smallest absolute Gasteiger partial charge is 0.236 e. The highest BCUT2D eigenvalue weighted by Gasteiger charge is 2.25. The topological polar surface area (TPSA) is 95.6 Å². The van der Waals surface area contributed by atoms with Crippen molar-refractivity contribution < 1.29 is 4.79 Å². The van der Waals surface area contributed by atoms with Gasteiger partial charge >= 0.3 is 0 Å². The minimum Gasteiger partial charge on any atom is -0.368 e. The number of benzene rings is 1. The fraction of sp³-hybridized carbons (Fsp3) is 0.154. The van der Waals surface area contributed by atoms with Gasteiger partial charge in [0.2, 0.25) is 5.91 Å². The molecule has 0 aliphatic carbocycles. The summed E-state index contributed by atoms with van der Waals surface area (Å²) in [5, 5.41) is 15.0. The molecule has 1 aromatic heterocycles. The number of thiol groups is 1. The van der Waals surface area contributed by atoms with E-state index in [1.165, 1.54) is 0 Å². The van der Waals surface area contributed by atoms with Crippen molar-refractivity contribution in [3.05, 3.63) is 42.2 Å². The van der Waals surface area contributed by atoms with Gasteiger partial charge in [0.25, 0.3) is 0 Å². The average molecular weight is 272 g/mol. The van der Waals surface area contributed by atoms with Gasteiger partial charge < -0.3 is 5.73 Å². The summed E-state index contributed by atoms with van der Waals surface area (Å²) in [5.41, 5.74) is 7.83. The number of amides is 1. The molecule has 3 N–H and O–H groups in total. The first-order chi connectivity index (χ1) is 9.13. The van der Waals surface area contributed by atoms with Crippen LogP contribution in [0.15, 0.2) is 36.7 Å². The predicted molar refractivity (Wildman–Crippen MR) is 74.0 cm³/mol. The van der Waals surface area contributed by atoms with E-state index in [4.69, 9.17) is 11.0 Å². The van der Waals surface area contributed by atoms with Crippen LogP contribution < -0.4 is 5.73 Å². The molecule has 1 aromatic carbocycles. The van der Waals surface area contributed by atoms with E-state index in [0.29, 0.717) is 0 Å². The molecule has 1 heterocycles. The lowest BCUT2D eigenvalue weighted by molar-refractivity contribution is -0.120. The van der Waals surface area contributed by atoms with Crippen molar-refractivity contribution in [1.29, 1.82) is 5.26 Å². The van der Waals surface area contributed by atoms with Gasteiger partial charge in [-0.15, -0.1) is 0 Å². The Morgan fingerprint density at radius 2 is 2.26 bits per heavy atom. The lowest BCUT2D eigenvalue weighted by Crippen LogP contribution is -2.25. The number of aromatic nitrogens is 2. The minimum atomic E-state index is -0.956. The molecule has 5 nitrogen and oxygen atoms in total. The number of carbonyl (C=O) groups excluding carboxylic acids is 1. The van der Waals surface area contributed by atoms with Crippen LogP contribution >= 0.6 is 12.6 Å². The van der Waals surface area contributed by atoms with Gasteiger partial charge in [0.05, 0.1) is 17.5 Å². The molecule has 0 unspecified atom stereocenters. The Hall–Kier alpha value is -2.26. The first-order valence-corrected chi connectivity index (χ1v) is 6.11. The molecule has 19 heavy (non-hydrogen) atoms. The van der Waals surface area contributed by atoms with Crippen molar-refractivity contribution in [2.75, 3.05) is 0 Å². The third-order valence-electron chi connectivity index (χ3n) is 2.82. The zero-order valence-electron chi connectivity index (χ0n) is 9.95. The molecule has 2 rings (SSSR count). The number of nitrogens with one attached hydrogen (secondary N) is 1. The summed E-state index contributed by atoms with van der Waals surface area (Å²) in [6.07, 6.45) is 3.46. The number of primary amides is 1. The first kappa shape index (κ1) is 13.2. The zero-order valence-corrected chi connectivity index (χ0v) is 10.8. The van der Waals surface area contributed by atoms with Crippen molar-refractivity contribution in [1.82, 2.24) is 10.2 Å². The molecule has 0 saturated carbocycles. The summed E-state index contributed by atoms with van der Waals surface area (Å²) >= 11 is 4.33. The number of hydrogen-bond acceptors (Lipinski definition) is 4. The second-order valence-corrected chi connectivity index (χ2v) is 4.62. The van der Waals surface area contributed by atoms with E-state index in [1.54, 1.807) is 12.4 Å². The fourth-order valence-electron chi connectivity index (χ4n) is 1.79. The largest absolute Gasteiger partial charge is 0.368 e. The molecule has 0 saturated heterocycles. The fourth-order valence-corrected chi connectivity index (χ4v) is 2.17. The van der Waals surface area contributed by atoms with Crippen LogP contribution in [0, 0.1) is 17.2 Å². The molecule has 0 aliphatic rings. The lowest BCUT2D eigenvalue weighted by Gasteiger charge is -2.15. The zero-order chi connectivity index (χ0) is 13.8. The van der Waals surface area contributed by atoms with Crippen LogP contribution in [0.5, 0.6) is 0 Å². The summed E-state index contributed by atoms with van der Waals surface area (Å²) in [4.78, 5) is 11.2. The van der Waals surface area contributed by atoms with E-state index in [9.17, 15) is 4.79 Å². The van der Waals surface area contributed by atoms with Crippen molar-refractivity contribution in [2.24, 2.45) is 11.7 Å². The number of hydrogen-bond donors (Lipinski definition) is 3. The third-order valence-corrected chi connectivity index (χ3v) is 3.42. The number of aromatic amines is 1. The van der Waals surface area contributed by atoms with Crippen molar-refractivity contribution in [3.63, 3.8) is 0 Å². The minimum absolute atomic E-state index is 0.547. The van der Waals surface area contributed by atoms with Crippen molar-refractivity contribution in [3.8, 4) is 17.2 Å². The second-order valence-electron chi connectivity index (χ2n) is 4.07. The second kappa shape index (κ2) is 5.59. The number of H-pyrrole nitrogens is 1. The quantitative estimate of drug-likeness (QED) is 0.739. The lowest BCUT2D eigenvalue weighted by atomic mass is 9.96. The number of nitriles is 1. The van der Waals surface area contributed by atoms with Crippen LogP contribution in [0.4, 0.5) is 0 Å². The molecule has 1 amide bonds. The van der Waals surface area contributed by atoms with E-state index < -0.39 is 17.1 Å².